The van der Waals surface area contributed by atoms with Crippen molar-refractivity contribution in [2.75, 3.05) is 5.75 Å². The molecule has 0 spiro atoms. The summed E-state index contributed by atoms with van der Waals surface area (Å²) in [5.74, 6) is 0.970. The molecule has 0 aliphatic heterocycles. The Balaban J connectivity index is 2.15. The maximum Gasteiger partial charge on any atom is 0.243 e. The van der Waals surface area contributed by atoms with Crippen LogP contribution in [0.4, 0.5) is 0 Å². The van der Waals surface area contributed by atoms with E-state index in [4.69, 9.17) is 0 Å². The van der Waals surface area contributed by atoms with Crippen molar-refractivity contribution in [1.82, 2.24) is 10.2 Å². The molecule has 0 aliphatic rings. The molecule has 0 fully saturated rings. The minimum absolute atomic E-state index is 0.0143. The van der Waals surface area contributed by atoms with Crippen molar-refractivity contribution in [1.29, 1.82) is 0 Å². The van der Waals surface area contributed by atoms with Crippen LogP contribution in [0.3, 0.4) is 0 Å². The van der Waals surface area contributed by atoms with Crippen LogP contribution >= 0.6 is 27.7 Å². The lowest BCUT2D eigenvalue weighted by Crippen LogP contribution is -2.53. The Labute approximate surface area is 199 Å². The molecule has 0 heterocycles. The van der Waals surface area contributed by atoms with Gasteiger partial charge in [-0.3, -0.25) is 9.59 Å². The molecule has 1 N–H and O–H groups in total. The van der Waals surface area contributed by atoms with Gasteiger partial charge in [0.15, 0.2) is 0 Å². The van der Waals surface area contributed by atoms with E-state index in [1.165, 1.54) is 5.56 Å². The number of halogens is 1. The summed E-state index contributed by atoms with van der Waals surface area (Å²) < 4.78 is 1.04. The highest BCUT2D eigenvalue weighted by Gasteiger charge is 2.30. The van der Waals surface area contributed by atoms with Crippen molar-refractivity contribution in [2.24, 2.45) is 0 Å². The van der Waals surface area contributed by atoms with Gasteiger partial charge < -0.3 is 10.2 Å². The van der Waals surface area contributed by atoms with Crippen LogP contribution in [0, 0.1) is 6.92 Å². The first-order valence-corrected chi connectivity index (χ1v) is 12.5. The van der Waals surface area contributed by atoms with Gasteiger partial charge in [-0.25, -0.2) is 0 Å². The average molecular weight is 506 g/mol. The van der Waals surface area contributed by atoms with Crippen molar-refractivity contribution in [2.45, 2.75) is 64.9 Å². The van der Waals surface area contributed by atoms with Crippen molar-refractivity contribution < 1.29 is 9.59 Å². The molecule has 0 radical (unpaired) electrons. The lowest BCUT2D eigenvalue weighted by atomic mass is 10.1. The monoisotopic (exact) mass is 504 g/mol. The number of thioether (sulfide) groups is 1. The number of hydrogen-bond acceptors (Lipinski definition) is 3. The Hall–Kier alpha value is -1.79. The topological polar surface area (TPSA) is 49.4 Å². The second-order valence-corrected chi connectivity index (χ2v) is 10.7. The highest BCUT2D eigenvalue weighted by Crippen LogP contribution is 2.19. The minimum Gasteiger partial charge on any atom is -0.350 e. The smallest absolute Gasteiger partial charge is 0.243 e. The average Bonchev–Trinajstić information content (AvgIpc) is 2.68. The van der Waals surface area contributed by atoms with Gasteiger partial charge in [-0.2, -0.15) is 0 Å². The van der Waals surface area contributed by atoms with Crippen molar-refractivity contribution in [3.05, 3.63) is 69.7 Å². The maximum absolute atomic E-state index is 13.3. The lowest BCUT2D eigenvalue weighted by molar-refractivity contribution is -0.140. The molecule has 0 saturated heterocycles. The van der Waals surface area contributed by atoms with E-state index in [0.717, 1.165) is 21.4 Å². The summed E-state index contributed by atoms with van der Waals surface area (Å²) >= 11 is 5.02. The largest absolute Gasteiger partial charge is 0.350 e. The summed E-state index contributed by atoms with van der Waals surface area (Å²) in [5.41, 5.74) is 3.00. The molecule has 4 nitrogen and oxygen atoms in total. The highest BCUT2D eigenvalue weighted by molar-refractivity contribution is 9.10. The Morgan fingerprint density at radius 3 is 2.35 bits per heavy atom. The molecule has 31 heavy (non-hydrogen) atoms. The predicted octanol–water partition coefficient (Wildman–Crippen LogP) is 5.71. The Kier molecular flexibility index (Phi) is 9.63. The van der Waals surface area contributed by atoms with Crippen molar-refractivity contribution >= 4 is 39.5 Å². The zero-order valence-electron chi connectivity index (χ0n) is 19.1. The van der Waals surface area contributed by atoms with Gasteiger partial charge in [-0.15, -0.1) is 11.8 Å². The van der Waals surface area contributed by atoms with Crippen LogP contribution in [0.5, 0.6) is 0 Å². The minimum atomic E-state index is -0.500. The summed E-state index contributed by atoms with van der Waals surface area (Å²) in [6, 6.07) is 15.7. The van der Waals surface area contributed by atoms with Gasteiger partial charge in [0, 0.05) is 22.3 Å². The third kappa shape index (κ3) is 8.69. The first-order chi connectivity index (χ1) is 14.6. The van der Waals surface area contributed by atoms with E-state index in [1.54, 1.807) is 16.7 Å². The zero-order chi connectivity index (χ0) is 23.0. The molecular formula is C25H33BrN2O2S. The summed E-state index contributed by atoms with van der Waals surface area (Å²) in [4.78, 5) is 28.0. The Morgan fingerprint density at radius 2 is 1.77 bits per heavy atom. The van der Waals surface area contributed by atoms with Gasteiger partial charge in [-0.1, -0.05) is 64.8 Å². The van der Waals surface area contributed by atoms with E-state index in [2.05, 4.69) is 39.4 Å². The molecule has 2 rings (SSSR count). The fourth-order valence-corrected chi connectivity index (χ4v) is 4.43. The Bertz CT molecular complexity index is 878. The molecule has 1 atom stereocenters. The second kappa shape index (κ2) is 11.7. The van der Waals surface area contributed by atoms with E-state index in [9.17, 15) is 9.59 Å². The normalized spacial score (nSPS) is 12.3. The molecule has 2 aromatic rings. The van der Waals surface area contributed by atoms with Crippen LogP contribution in [0.15, 0.2) is 53.0 Å². The first-order valence-electron chi connectivity index (χ1n) is 10.6. The van der Waals surface area contributed by atoms with Crippen LogP contribution in [0.25, 0.3) is 0 Å². The van der Waals surface area contributed by atoms with E-state index < -0.39 is 6.04 Å². The SMILES string of the molecule is CCC(C(=O)NC(C)(C)C)N(Cc1cccc(C)c1)C(=O)CSCc1ccc(Br)cc1. The van der Waals surface area contributed by atoms with E-state index >= 15 is 0 Å². The molecule has 0 saturated carbocycles. The molecule has 0 bridgehead atoms. The second-order valence-electron chi connectivity index (χ2n) is 8.79. The van der Waals surface area contributed by atoms with Crippen LogP contribution in [-0.2, 0) is 21.9 Å². The molecule has 6 heteroatoms. The third-order valence-corrected chi connectivity index (χ3v) is 6.24. The van der Waals surface area contributed by atoms with Crippen molar-refractivity contribution in [3.8, 4) is 0 Å². The number of aryl methyl sites for hydroxylation is 1. The fourth-order valence-electron chi connectivity index (χ4n) is 3.30. The molecule has 2 amide bonds. The first kappa shape index (κ1) is 25.5. The highest BCUT2D eigenvalue weighted by atomic mass is 79.9. The number of hydrogen-bond donors (Lipinski definition) is 1. The summed E-state index contributed by atoms with van der Waals surface area (Å²) in [5, 5.41) is 3.05. The number of amides is 2. The summed E-state index contributed by atoms with van der Waals surface area (Å²) in [6.07, 6.45) is 0.566. The number of benzene rings is 2. The van der Waals surface area contributed by atoms with Gasteiger partial charge in [-0.05, 0) is 57.4 Å². The maximum atomic E-state index is 13.3. The molecule has 0 aliphatic carbocycles. The van der Waals surface area contributed by atoms with Crippen LogP contribution in [-0.4, -0.2) is 34.0 Å². The number of carbonyl (C=O) groups excluding carboxylic acids is 2. The van der Waals surface area contributed by atoms with Crippen LogP contribution in [0.1, 0.15) is 50.8 Å². The number of carbonyl (C=O) groups is 2. The van der Waals surface area contributed by atoms with E-state index in [-0.39, 0.29) is 17.4 Å². The molecule has 2 aromatic carbocycles. The molecule has 1 unspecified atom stereocenters. The van der Waals surface area contributed by atoms with Gasteiger partial charge in [0.05, 0.1) is 5.75 Å². The zero-order valence-corrected chi connectivity index (χ0v) is 21.5. The quantitative estimate of drug-likeness (QED) is 0.475. The van der Waals surface area contributed by atoms with Gasteiger partial charge in [0.25, 0.3) is 0 Å². The Morgan fingerprint density at radius 1 is 1.10 bits per heavy atom. The lowest BCUT2D eigenvalue weighted by Gasteiger charge is -2.33. The van der Waals surface area contributed by atoms with Crippen molar-refractivity contribution in [3.63, 3.8) is 0 Å². The van der Waals surface area contributed by atoms with Gasteiger partial charge in [0.2, 0.25) is 11.8 Å². The van der Waals surface area contributed by atoms with E-state index in [1.807, 2.05) is 65.0 Å². The fraction of sp³-hybridized carbons (Fsp3) is 0.440. The summed E-state index contributed by atoms with van der Waals surface area (Å²) in [6.45, 7) is 10.3. The number of rotatable bonds is 9. The van der Waals surface area contributed by atoms with Gasteiger partial charge in [0.1, 0.15) is 6.04 Å². The van der Waals surface area contributed by atoms with Crippen LogP contribution < -0.4 is 5.32 Å². The molecule has 0 aromatic heterocycles. The third-order valence-electron chi connectivity index (χ3n) is 4.73. The standard InChI is InChI=1S/C25H33BrN2O2S/c1-6-22(24(30)27-25(3,4)5)28(15-20-9-7-8-18(2)14-20)23(29)17-31-16-19-10-12-21(26)13-11-19/h7-14,22H,6,15-17H2,1-5H3,(H,27,30). The number of nitrogens with zero attached hydrogens (tertiary/aromatic N) is 1. The molecule has 168 valence electrons. The summed E-state index contributed by atoms with van der Waals surface area (Å²) in [7, 11) is 0. The predicted molar refractivity (Wildman–Crippen MR) is 134 cm³/mol. The number of nitrogens with one attached hydrogen (secondary N) is 1. The van der Waals surface area contributed by atoms with E-state index in [0.29, 0.717) is 18.7 Å². The molecular weight excluding hydrogens is 472 g/mol. The van der Waals surface area contributed by atoms with Gasteiger partial charge >= 0.3 is 0 Å². The van der Waals surface area contributed by atoms with Crippen LogP contribution in [0.2, 0.25) is 0 Å².